The van der Waals surface area contributed by atoms with Crippen molar-refractivity contribution < 1.29 is 22.7 Å². The summed E-state index contributed by atoms with van der Waals surface area (Å²) in [7, 11) is 0. The van der Waals surface area contributed by atoms with Gasteiger partial charge in [0, 0.05) is 45.8 Å². The lowest BCUT2D eigenvalue weighted by molar-refractivity contribution is -0.137. The smallest absolute Gasteiger partial charge is 0.417 e. The van der Waals surface area contributed by atoms with Crippen LogP contribution in [0.25, 0.3) is 0 Å². The average molecular weight is 550 g/mol. The SMILES string of the molecule is CCNC(=NCCOc1ncc(C(F)(F)F)cc1Cl)N1CCN(C(C)=O)CC1.I. The zero-order valence-electron chi connectivity index (χ0n) is 16.1. The van der Waals surface area contributed by atoms with Gasteiger partial charge in [0.25, 0.3) is 0 Å². The molecule has 29 heavy (non-hydrogen) atoms. The van der Waals surface area contributed by atoms with E-state index >= 15 is 0 Å². The molecule has 0 aliphatic carbocycles. The number of carbonyl (C=O) groups is 1. The van der Waals surface area contributed by atoms with Crippen LogP contribution in [0.1, 0.15) is 19.4 Å². The van der Waals surface area contributed by atoms with Gasteiger partial charge in [-0.3, -0.25) is 4.79 Å². The zero-order chi connectivity index (χ0) is 20.7. The number of alkyl halides is 3. The summed E-state index contributed by atoms with van der Waals surface area (Å²) < 4.78 is 43.2. The van der Waals surface area contributed by atoms with Crippen molar-refractivity contribution >= 4 is 47.4 Å². The molecule has 0 spiro atoms. The highest BCUT2D eigenvalue weighted by Crippen LogP contribution is 2.33. The minimum absolute atomic E-state index is 0. The summed E-state index contributed by atoms with van der Waals surface area (Å²) in [5.74, 6) is 0.682. The molecule has 0 saturated carbocycles. The molecule has 2 rings (SSSR count). The number of hydrogen-bond donors (Lipinski definition) is 1. The zero-order valence-corrected chi connectivity index (χ0v) is 19.2. The quantitative estimate of drug-likeness (QED) is 0.265. The van der Waals surface area contributed by atoms with Gasteiger partial charge >= 0.3 is 6.18 Å². The second-order valence-electron chi connectivity index (χ2n) is 6.09. The van der Waals surface area contributed by atoms with Crippen LogP contribution in [0.15, 0.2) is 17.3 Å². The second-order valence-corrected chi connectivity index (χ2v) is 6.49. The summed E-state index contributed by atoms with van der Waals surface area (Å²) in [5, 5.41) is 2.98. The van der Waals surface area contributed by atoms with Gasteiger partial charge in [-0.2, -0.15) is 13.2 Å². The first-order valence-electron chi connectivity index (χ1n) is 8.86. The third-order valence-corrected chi connectivity index (χ3v) is 4.36. The molecule has 1 aliphatic heterocycles. The number of guanidine groups is 1. The van der Waals surface area contributed by atoms with Crippen molar-refractivity contribution in [2.45, 2.75) is 20.0 Å². The molecular weight excluding hydrogens is 526 g/mol. The van der Waals surface area contributed by atoms with Crippen molar-refractivity contribution in [1.82, 2.24) is 20.1 Å². The van der Waals surface area contributed by atoms with Crippen LogP contribution in [0.5, 0.6) is 5.88 Å². The van der Waals surface area contributed by atoms with Crippen molar-refractivity contribution in [2.24, 2.45) is 4.99 Å². The van der Waals surface area contributed by atoms with E-state index in [-0.39, 0.29) is 53.9 Å². The van der Waals surface area contributed by atoms with Crippen LogP contribution in [0, 0.1) is 0 Å². The van der Waals surface area contributed by atoms with E-state index in [0.717, 1.165) is 6.07 Å². The Balaban J connectivity index is 0.00000420. The molecule has 7 nitrogen and oxygen atoms in total. The van der Waals surface area contributed by atoms with Crippen LogP contribution in [0.2, 0.25) is 5.02 Å². The van der Waals surface area contributed by atoms with E-state index in [1.54, 1.807) is 11.8 Å². The largest absolute Gasteiger partial charge is 0.475 e. The average Bonchev–Trinajstić information content (AvgIpc) is 2.64. The molecule has 1 aliphatic rings. The van der Waals surface area contributed by atoms with Gasteiger partial charge in [-0.1, -0.05) is 11.6 Å². The van der Waals surface area contributed by atoms with Crippen molar-refractivity contribution in [3.8, 4) is 5.88 Å². The Morgan fingerprint density at radius 3 is 2.45 bits per heavy atom. The molecule has 0 atom stereocenters. The third kappa shape index (κ3) is 7.68. The number of aromatic nitrogens is 1. The predicted octanol–water partition coefficient (Wildman–Crippen LogP) is 2.88. The number of nitrogens with one attached hydrogen (secondary N) is 1. The number of halogens is 5. The first kappa shape index (κ1) is 25.5. The Hall–Kier alpha value is -1.50. The number of ether oxygens (including phenoxy) is 1. The lowest BCUT2D eigenvalue weighted by atomic mass is 10.3. The van der Waals surface area contributed by atoms with Crippen molar-refractivity contribution in [2.75, 3.05) is 45.9 Å². The molecule has 1 saturated heterocycles. The van der Waals surface area contributed by atoms with E-state index in [1.165, 1.54) is 0 Å². The normalized spacial score (nSPS) is 15.0. The van der Waals surface area contributed by atoms with E-state index in [1.807, 2.05) is 11.8 Å². The van der Waals surface area contributed by atoms with Gasteiger partial charge in [0.15, 0.2) is 5.96 Å². The molecule has 1 aromatic rings. The molecule has 1 amide bonds. The number of hydrogen-bond acceptors (Lipinski definition) is 4. The molecule has 2 heterocycles. The lowest BCUT2D eigenvalue weighted by Gasteiger charge is -2.36. The Kier molecular flexibility index (Phi) is 10.2. The topological polar surface area (TPSA) is 70.1 Å². The van der Waals surface area contributed by atoms with E-state index in [2.05, 4.69) is 15.3 Å². The standard InChI is InChI=1S/C17H23ClF3N5O2.HI/c1-3-22-16(26-7-5-25(6-8-26)12(2)27)23-4-9-28-15-14(18)10-13(11-24-15)17(19,20)21;/h10-11H,3-9H2,1-2H3,(H,22,23);1H. The minimum Gasteiger partial charge on any atom is -0.475 e. The highest BCUT2D eigenvalue weighted by molar-refractivity contribution is 14.0. The number of pyridine rings is 1. The van der Waals surface area contributed by atoms with Crippen LogP contribution >= 0.6 is 35.6 Å². The van der Waals surface area contributed by atoms with E-state index in [9.17, 15) is 18.0 Å². The van der Waals surface area contributed by atoms with Gasteiger partial charge in [0.2, 0.25) is 11.8 Å². The number of amides is 1. The summed E-state index contributed by atoms with van der Waals surface area (Å²) in [4.78, 5) is 23.3. The third-order valence-electron chi connectivity index (χ3n) is 4.09. The van der Waals surface area contributed by atoms with Gasteiger partial charge in [-0.05, 0) is 13.0 Å². The molecule has 12 heteroatoms. The first-order chi connectivity index (χ1) is 13.2. The van der Waals surface area contributed by atoms with Crippen LogP contribution in [0.4, 0.5) is 13.2 Å². The number of carbonyl (C=O) groups excluding carboxylic acids is 1. The Labute approximate surface area is 189 Å². The van der Waals surface area contributed by atoms with Crippen molar-refractivity contribution in [3.63, 3.8) is 0 Å². The molecule has 1 aromatic heterocycles. The number of piperazine rings is 1. The Bertz CT molecular complexity index is 713. The molecule has 0 unspecified atom stereocenters. The summed E-state index contributed by atoms with van der Waals surface area (Å²) in [6.45, 7) is 7.14. The number of nitrogens with zero attached hydrogens (tertiary/aromatic N) is 4. The molecule has 0 bridgehead atoms. The maximum atomic E-state index is 12.6. The summed E-state index contributed by atoms with van der Waals surface area (Å²) >= 11 is 5.81. The van der Waals surface area contributed by atoms with Gasteiger partial charge in [0.1, 0.15) is 11.6 Å². The molecule has 164 valence electrons. The monoisotopic (exact) mass is 549 g/mol. The number of aliphatic imine (C=N–C) groups is 1. The fourth-order valence-corrected chi connectivity index (χ4v) is 2.86. The highest BCUT2D eigenvalue weighted by Gasteiger charge is 2.31. The van der Waals surface area contributed by atoms with E-state index in [4.69, 9.17) is 16.3 Å². The van der Waals surface area contributed by atoms with E-state index in [0.29, 0.717) is 44.9 Å². The lowest BCUT2D eigenvalue weighted by Crippen LogP contribution is -2.53. The maximum Gasteiger partial charge on any atom is 0.417 e. The molecular formula is C17H24ClF3IN5O2. The molecule has 0 aromatic carbocycles. The molecule has 1 fully saturated rings. The number of rotatable bonds is 5. The molecule has 0 radical (unpaired) electrons. The Morgan fingerprint density at radius 2 is 1.93 bits per heavy atom. The van der Waals surface area contributed by atoms with Crippen LogP contribution in [-0.4, -0.2) is 72.5 Å². The second kappa shape index (κ2) is 11.6. The minimum atomic E-state index is -4.51. The van der Waals surface area contributed by atoms with Gasteiger partial charge in [-0.15, -0.1) is 24.0 Å². The van der Waals surface area contributed by atoms with Crippen LogP contribution < -0.4 is 10.1 Å². The van der Waals surface area contributed by atoms with Gasteiger partial charge in [-0.25, -0.2) is 9.98 Å². The van der Waals surface area contributed by atoms with Gasteiger partial charge in [0.05, 0.1) is 12.1 Å². The Morgan fingerprint density at radius 1 is 1.31 bits per heavy atom. The first-order valence-corrected chi connectivity index (χ1v) is 9.24. The summed E-state index contributed by atoms with van der Waals surface area (Å²) in [6.07, 6.45) is -3.82. The maximum absolute atomic E-state index is 12.6. The van der Waals surface area contributed by atoms with Crippen LogP contribution in [-0.2, 0) is 11.0 Å². The van der Waals surface area contributed by atoms with Crippen molar-refractivity contribution in [1.29, 1.82) is 0 Å². The van der Waals surface area contributed by atoms with E-state index < -0.39 is 11.7 Å². The summed E-state index contributed by atoms with van der Waals surface area (Å²) in [6, 6.07) is 0.783. The predicted molar refractivity (Wildman–Crippen MR) is 115 cm³/mol. The fourth-order valence-electron chi connectivity index (χ4n) is 2.64. The van der Waals surface area contributed by atoms with Crippen molar-refractivity contribution in [3.05, 3.63) is 22.8 Å². The fraction of sp³-hybridized carbons (Fsp3) is 0.588. The highest BCUT2D eigenvalue weighted by atomic mass is 127. The summed E-state index contributed by atoms with van der Waals surface area (Å²) in [5.41, 5.74) is -0.929. The van der Waals surface area contributed by atoms with Gasteiger partial charge < -0.3 is 19.9 Å². The van der Waals surface area contributed by atoms with Crippen LogP contribution in [0.3, 0.4) is 0 Å². The molecule has 1 N–H and O–H groups in total.